The van der Waals surface area contributed by atoms with Crippen molar-refractivity contribution < 1.29 is 14.3 Å². The van der Waals surface area contributed by atoms with Crippen molar-refractivity contribution in [2.75, 3.05) is 14.2 Å². The average molecular weight is 304 g/mol. The first kappa shape index (κ1) is 15.1. The topological polar surface area (TPSA) is 59.9 Å². The molecule has 110 valence electrons. The van der Waals surface area contributed by atoms with Gasteiger partial charge in [-0.05, 0) is 36.6 Å². The lowest BCUT2D eigenvalue weighted by atomic mass is 10.2. The van der Waals surface area contributed by atoms with Gasteiger partial charge in [-0.1, -0.05) is 6.07 Å². The normalized spacial score (nSPS) is 11.1. The van der Waals surface area contributed by atoms with Crippen molar-refractivity contribution in [1.29, 1.82) is 0 Å². The summed E-state index contributed by atoms with van der Waals surface area (Å²) in [6, 6.07) is 8.85. The minimum absolute atomic E-state index is 0.299. The van der Waals surface area contributed by atoms with Gasteiger partial charge in [0.25, 0.3) is 5.91 Å². The van der Waals surface area contributed by atoms with Crippen LogP contribution < -0.4 is 14.9 Å². The van der Waals surface area contributed by atoms with Gasteiger partial charge in [0.2, 0.25) is 0 Å². The maximum absolute atomic E-state index is 12.1. The second-order valence-electron chi connectivity index (χ2n) is 4.19. The smallest absolute Gasteiger partial charge is 0.271 e. The molecule has 1 N–H and O–H groups in total. The van der Waals surface area contributed by atoms with Gasteiger partial charge in [0.15, 0.2) is 11.5 Å². The molecule has 5 nitrogen and oxygen atoms in total. The number of methoxy groups -OCH3 is 2. The molecule has 0 spiro atoms. The van der Waals surface area contributed by atoms with Gasteiger partial charge in [0.1, 0.15) is 0 Å². The van der Waals surface area contributed by atoms with Gasteiger partial charge >= 0.3 is 0 Å². The van der Waals surface area contributed by atoms with Crippen molar-refractivity contribution in [3.05, 3.63) is 46.2 Å². The summed E-state index contributed by atoms with van der Waals surface area (Å²) in [5.41, 5.74) is 3.75. The summed E-state index contributed by atoms with van der Waals surface area (Å²) >= 11 is 1.57. The summed E-state index contributed by atoms with van der Waals surface area (Å²) in [5, 5.41) is 6.06. The van der Waals surface area contributed by atoms with Crippen molar-refractivity contribution in [2.24, 2.45) is 5.10 Å². The van der Waals surface area contributed by atoms with Crippen molar-refractivity contribution >= 4 is 23.0 Å². The highest BCUT2D eigenvalue weighted by molar-refractivity contribution is 7.12. The van der Waals surface area contributed by atoms with Crippen LogP contribution in [-0.4, -0.2) is 25.8 Å². The van der Waals surface area contributed by atoms with Gasteiger partial charge in [0.05, 0.1) is 19.9 Å². The van der Waals surface area contributed by atoms with Crippen LogP contribution in [0.4, 0.5) is 0 Å². The van der Waals surface area contributed by atoms with E-state index in [4.69, 9.17) is 9.47 Å². The van der Waals surface area contributed by atoms with Crippen molar-refractivity contribution in [2.45, 2.75) is 6.92 Å². The molecule has 0 saturated carbocycles. The Morgan fingerprint density at radius 1 is 1.19 bits per heavy atom. The molecule has 1 heterocycles. The number of hydrazone groups is 1. The van der Waals surface area contributed by atoms with E-state index < -0.39 is 0 Å². The van der Waals surface area contributed by atoms with Crippen LogP contribution in [0.5, 0.6) is 11.5 Å². The third-order valence-corrected chi connectivity index (χ3v) is 3.83. The maximum Gasteiger partial charge on any atom is 0.271 e. The number of benzene rings is 1. The molecule has 0 aliphatic carbocycles. The van der Waals surface area contributed by atoms with Gasteiger partial charge in [-0.15, -0.1) is 11.3 Å². The number of hydrogen-bond donors (Lipinski definition) is 1. The van der Waals surface area contributed by atoms with Crippen LogP contribution in [0.15, 0.2) is 40.8 Å². The molecular formula is C15H16N2O3S. The molecule has 0 atom stereocenters. The zero-order chi connectivity index (χ0) is 15.2. The molecule has 21 heavy (non-hydrogen) atoms. The Labute approximate surface area is 127 Å². The Hall–Kier alpha value is -2.34. The summed E-state index contributed by atoms with van der Waals surface area (Å²) < 4.78 is 10.3. The fraction of sp³-hybridized carbons (Fsp3) is 0.200. The minimum Gasteiger partial charge on any atom is -0.493 e. The van der Waals surface area contributed by atoms with Crippen LogP contribution in [0.3, 0.4) is 0 Å². The predicted octanol–water partition coefficient (Wildman–Crippen LogP) is 2.92. The zero-order valence-corrected chi connectivity index (χ0v) is 12.9. The minimum atomic E-state index is -0.299. The Kier molecular flexibility index (Phi) is 4.94. The third kappa shape index (κ3) is 3.61. The standard InChI is InChI=1S/C15H16N2O3S/c1-10(14-5-4-8-21-14)16-17-15(18)11-6-7-12(19-2)13(9-11)20-3/h4-9H,1-3H3,(H,17,18). The number of amides is 1. The van der Waals surface area contributed by atoms with E-state index in [2.05, 4.69) is 10.5 Å². The van der Waals surface area contributed by atoms with Crippen LogP contribution in [-0.2, 0) is 0 Å². The van der Waals surface area contributed by atoms with E-state index in [1.807, 2.05) is 24.4 Å². The molecule has 2 aromatic rings. The van der Waals surface area contributed by atoms with Gasteiger partial charge in [-0.2, -0.15) is 5.10 Å². The van der Waals surface area contributed by atoms with E-state index in [0.29, 0.717) is 17.1 Å². The van der Waals surface area contributed by atoms with E-state index in [-0.39, 0.29) is 5.91 Å². The maximum atomic E-state index is 12.1. The number of hydrogen-bond acceptors (Lipinski definition) is 5. The monoisotopic (exact) mass is 304 g/mol. The molecule has 1 aromatic carbocycles. The van der Waals surface area contributed by atoms with E-state index in [0.717, 1.165) is 10.6 Å². The number of rotatable bonds is 5. The molecule has 0 fully saturated rings. The van der Waals surface area contributed by atoms with Crippen LogP contribution in [0.25, 0.3) is 0 Å². The molecule has 0 saturated heterocycles. The van der Waals surface area contributed by atoms with E-state index in [1.165, 1.54) is 7.11 Å². The highest BCUT2D eigenvalue weighted by atomic mass is 32.1. The third-order valence-electron chi connectivity index (χ3n) is 2.85. The molecule has 0 radical (unpaired) electrons. The highest BCUT2D eigenvalue weighted by Gasteiger charge is 2.10. The Morgan fingerprint density at radius 2 is 1.95 bits per heavy atom. The van der Waals surface area contributed by atoms with Gasteiger partial charge in [-0.3, -0.25) is 4.79 Å². The Balaban J connectivity index is 2.12. The van der Waals surface area contributed by atoms with Crippen molar-refractivity contribution in [3.63, 3.8) is 0 Å². The number of ether oxygens (including phenoxy) is 2. The zero-order valence-electron chi connectivity index (χ0n) is 12.0. The molecule has 0 unspecified atom stereocenters. The van der Waals surface area contributed by atoms with E-state index >= 15 is 0 Å². The molecule has 0 aliphatic rings. The number of carbonyl (C=O) groups is 1. The molecule has 2 rings (SSSR count). The van der Waals surface area contributed by atoms with Crippen LogP contribution in [0.1, 0.15) is 22.2 Å². The van der Waals surface area contributed by atoms with Gasteiger partial charge in [-0.25, -0.2) is 5.43 Å². The fourth-order valence-corrected chi connectivity index (χ4v) is 2.39. The number of thiophene rings is 1. The van der Waals surface area contributed by atoms with Crippen LogP contribution >= 0.6 is 11.3 Å². The first-order valence-electron chi connectivity index (χ1n) is 6.26. The Morgan fingerprint density at radius 3 is 2.57 bits per heavy atom. The van der Waals surface area contributed by atoms with Gasteiger partial charge in [0, 0.05) is 10.4 Å². The largest absolute Gasteiger partial charge is 0.493 e. The average Bonchev–Trinajstić information content (AvgIpc) is 3.06. The second kappa shape index (κ2) is 6.90. The Bertz CT molecular complexity index is 651. The first-order chi connectivity index (χ1) is 10.2. The summed E-state index contributed by atoms with van der Waals surface area (Å²) in [4.78, 5) is 13.1. The quantitative estimate of drug-likeness (QED) is 0.682. The molecule has 0 bridgehead atoms. The van der Waals surface area contributed by atoms with Crippen molar-refractivity contribution in [3.8, 4) is 11.5 Å². The van der Waals surface area contributed by atoms with Crippen LogP contribution in [0, 0.1) is 0 Å². The summed E-state index contributed by atoms with van der Waals surface area (Å²) in [6.07, 6.45) is 0. The number of nitrogens with zero attached hydrogens (tertiary/aromatic N) is 1. The molecular weight excluding hydrogens is 288 g/mol. The highest BCUT2D eigenvalue weighted by Crippen LogP contribution is 2.27. The van der Waals surface area contributed by atoms with Crippen molar-refractivity contribution in [1.82, 2.24) is 5.43 Å². The molecule has 0 aliphatic heterocycles. The molecule has 1 amide bonds. The fourth-order valence-electron chi connectivity index (χ4n) is 1.72. The SMILES string of the molecule is COc1ccc(C(=O)NN=C(C)c2cccs2)cc1OC. The molecule has 1 aromatic heterocycles. The summed E-state index contributed by atoms with van der Waals surface area (Å²) in [5.74, 6) is 0.781. The van der Waals surface area contributed by atoms with E-state index in [9.17, 15) is 4.79 Å². The first-order valence-corrected chi connectivity index (χ1v) is 7.14. The summed E-state index contributed by atoms with van der Waals surface area (Å²) in [7, 11) is 3.07. The second-order valence-corrected chi connectivity index (χ2v) is 5.13. The lowest BCUT2D eigenvalue weighted by Crippen LogP contribution is -2.19. The number of nitrogens with one attached hydrogen (secondary N) is 1. The van der Waals surface area contributed by atoms with Crippen LogP contribution in [0.2, 0.25) is 0 Å². The van der Waals surface area contributed by atoms with E-state index in [1.54, 1.807) is 36.6 Å². The summed E-state index contributed by atoms with van der Waals surface area (Å²) in [6.45, 7) is 1.85. The van der Waals surface area contributed by atoms with Gasteiger partial charge < -0.3 is 9.47 Å². The molecule has 6 heteroatoms. The lowest BCUT2D eigenvalue weighted by molar-refractivity contribution is 0.0954. The number of carbonyl (C=O) groups excluding carboxylic acids is 1. The predicted molar refractivity (Wildman–Crippen MR) is 83.5 cm³/mol. The lowest BCUT2D eigenvalue weighted by Gasteiger charge is -2.08.